The number of alkyl halides is 3. The molecule has 17 heavy (non-hydrogen) atoms. The molecule has 1 aliphatic rings. The van der Waals surface area contributed by atoms with E-state index in [4.69, 9.17) is 11.6 Å². The zero-order valence-electron chi connectivity index (χ0n) is 9.23. The molecule has 0 aliphatic heterocycles. The minimum Gasteiger partial charge on any atom is -0.244 e. The average Bonchev–Trinajstić information content (AvgIpc) is 2.29. The molecule has 0 amide bonds. The lowest BCUT2D eigenvalue weighted by atomic mass is 9.84. The molecule has 0 unspecified atom stereocenters. The summed E-state index contributed by atoms with van der Waals surface area (Å²) >= 11 is 5.90. The molecule has 2 rings (SSSR count). The molecular weight excluding hydrogens is 251 g/mol. The zero-order chi connectivity index (χ0) is 12.5. The van der Waals surface area contributed by atoms with E-state index in [0.717, 1.165) is 44.4 Å². The van der Waals surface area contributed by atoms with Crippen molar-refractivity contribution in [2.45, 2.75) is 44.2 Å². The van der Waals surface area contributed by atoms with E-state index in [9.17, 15) is 13.2 Å². The van der Waals surface area contributed by atoms with Crippen LogP contribution in [0.3, 0.4) is 0 Å². The molecule has 1 aromatic rings. The first kappa shape index (κ1) is 12.7. The second kappa shape index (κ2) is 4.84. The van der Waals surface area contributed by atoms with E-state index < -0.39 is 11.7 Å². The summed E-state index contributed by atoms with van der Waals surface area (Å²) in [5, 5.41) is 0.213. The Morgan fingerprint density at radius 3 is 2.41 bits per heavy atom. The third-order valence-electron chi connectivity index (χ3n) is 3.24. The fourth-order valence-electron chi connectivity index (χ4n) is 2.32. The van der Waals surface area contributed by atoms with Gasteiger partial charge in [-0.2, -0.15) is 13.2 Å². The molecule has 0 bridgehead atoms. The van der Waals surface area contributed by atoms with Crippen LogP contribution in [-0.2, 0) is 6.18 Å². The van der Waals surface area contributed by atoms with Crippen molar-refractivity contribution in [3.8, 4) is 0 Å². The number of nitrogens with zero attached hydrogens (tertiary/aromatic N) is 1. The molecule has 1 nitrogen and oxygen atoms in total. The Kier molecular flexibility index (Phi) is 3.61. The van der Waals surface area contributed by atoms with Crippen LogP contribution in [0.2, 0.25) is 5.15 Å². The van der Waals surface area contributed by atoms with E-state index in [1.54, 1.807) is 0 Å². The van der Waals surface area contributed by atoms with Crippen molar-refractivity contribution >= 4 is 11.6 Å². The summed E-state index contributed by atoms with van der Waals surface area (Å²) in [6.07, 6.45) is 1.52. The number of aromatic nitrogens is 1. The highest BCUT2D eigenvalue weighted by Crippen LogP contribution is 2.38. The lowest BCUT2D eigenvalue weighted by Crippen LogP contribution is -2.10. The number of hydrogen-bond donors (Lipinski definition) is 0. The average molecular weight is 264 g/mol. The fourth-order valence-corrected chi connectivity index (χ4v) is 2.58. The van der Waals surface area contributed by atoms with Crippen LogP contribution in [-0.4, -0.2) is 4.98 Å². The predicted octanol–water partition coefficient (Wildman–Crippen LogP) is 4.80. The molecule has 1 saturated carbocycles. The van der Waals surface area contributed by atoms with Gasteiger partial charge in [0.15, 0.2) is 0 Å². The SMILES string of the molecule is FC(F)(F)c1cnc(Cl)c(C2CCCCC2)c1. The Labute approximate surface area is 103 Å². The number of halogens is 4. The molecule has 1 aromatic heterocycles. The van der Waals surface area contributed by atoms with Gasteiger partial charge in [0.05, 0.1) is 5.56 Å². The van der Waals surface area contributed by atoms with Crippen molar-refractivity contribution in [1.82, 2.24) is 4.98 Å². The van der Waals surface area contributed by atoms with Gasteiger partial charge in [0.1, 0.15) is 5.15 Å². The van der Waals surface area contributed by atoms with E-state index in [1.165, 1.54) is 0 Å². The van der Waals surface area contributed by atoms with Crippen LogP contribution < -0.4 is 0 Å². The zero-order valence-corrected chi connectivity index (χ0v) is 9.98. The lowest BCUT2D eigenvalue weighted by Gasteiger charge is -2.23. The second-order valence-corrected chi connectivity index (χ2v) is 4.79. The number of rotatable bonds is 1. The van der Waals surface area contributed by atoms with Crippen molar-refractivity contribution in [3.63, 3.8) is 0 Å². The van der Waals surface area contributed by atoms with Gasteiger partial charge in [-0.3, -0.25) is 0 Å². The summed E-state index contributed by atoms with van der Waals surface area (Å²) in [6.45, 7) is 0. The first-order valence-corrected chi connectivity index (χ1v) is 6.09. The van der Waals surface area contributed by atoms with Gasteiger partial charge in [-0.1, -0.05) is 30.9 Å². The van der Waals surface area contributed by atoms with Gasteiger partial charge < -0.3 is 0 Å². The van der Waals surface area contributed by atoms with Crippen LogP contribution in [0.25, 0.3) is 0 Å². The number of hydrogen-bond acceptors (Lipinski definition) is 1. The van der Waals surface area contributed by atoms with Crippen LogP contribution in [0.1, 0.15) is 49.1 Å². The summed E-state index contributed by atoms with van der Waals surface area (Å²) < 4.78 is 37.8. The first-order valence-electron chi connectivity index (χ1n) is 5.71. The van der Waals surface area contributed by atoms with Gasteiger partial charge in [-0.05, 0) is 30.4 Å². The van der Waals surface area contributed by atoms with E-state index in [-0.39, 0.29) is 11.1 Å². The second-order valence-electron chi connectivity index (χ2n) is 4.44. The molecule has 1 aliphatic carbocycles. The summed E-state index contributed by atoms with van der Waals surface area (Å²) in [5.41, 5.74) is -0.149. The summed E-state index contributed by atoms with van der Waals surface area (Å²) in [6, 6.07) is 1.16. The van der Waals surface area contributed by atoms with Gasteiger partial charge in [0.2, 0.25) is 0 Å². The number of pyridine rings is 1. The van der Waals surface area contributed by atoms with E-state index in [1.807, 2.05) is 0 Å². The van der Waals surface area contributed by atoms with Crippen molar-refractivity contribution in [2.24, 2.45) is 0 Å². The van der Waals surface area contributed by atoms with Crippen molar-refractivity contribution in [2.75, 3.05) is 0 Å². The monoisotopic (exact) mass is 263 g/mol. The Bertz CT molecular complexity index is 397. The normalized spacial score (nSPS) is 18.4. The Hall–Kier alpha value is -0.770. The minimum absolute atomic E-state index is 0.131. The topological polar surface area (TPSA) is 12.9 Å². The van der Waals surface area contributed by atoms with Crippen molar-refractivity contribution in [3.05, 3.63) is 28.5 Å². The highest BCUT2D eigenvalue weighted by atomic mass is 35.5. The van der Waals surface area contributed by atoms with E-state index in [2.05, 4.69) is 4.98 Å². The van der Waals surface area contributed by atoms with Crippen LogP contribution >= 0.6 is 11.6 Å². The molecule has 94 valence electrons. The van der Waals surface area contributed by atoms with Crippen molar-refractivity contribution in [1.29, 1.82) is 0 Å². The Morgan fingerprint density at radius 1 is 1.18 bits per heavy atom. The van der Waals surface area contributed by atoms with Gasteiger partial charge in [0.25, 0.3) is 0 Å². The third kappa shape index (κ3) is 2.92. The molecule has 5 heteroatoms. The quantitative estimate of drug-likeness (QED) is 0.663. The predicted molar refractivity (Wildman–Crippen MR) is 60.1 cm³/mol. The lowest BCUT2D eigenvalue weighted by molar-refractivity contribution is -0.137. The molecule has 0 atom stereocenters. The third-order valence-corrected chi connectivity index (χ3v) is 3.55. The summed E-state index contributed by atoms with van der Waals surface area (Å²) in [5.74, 6) is 0.131. The van der Waals surface area contributed by atoms with Gasteiger partial charge >= 0.3 is 6.18 Å². The van der Waals surface area contributed by atoms with Gasteiger partial charge in [-0.25, -0.2) is 4.98 Å². The molecule has 0 radical (unpaired) electrons. The molecule has 1 fully saturated rings. The Balaban J connectivity index is 2.31. The van der Waals surface area contributed by atoms with Gasteiger partial charge in [-0.15, -0.1) is 0 Å². The maximum Gasteiger partial charge on any atom is 0.417 e. The van der Waals surface area contributed by atoms with Crippen LogP contribution in [0.5, 0.6) is 0 Å². The van der Waals surface area contributed by atoms with Gasteiger partial charge in [0, 0.05) is 6.20 Å². The fraction of sp³-hybridized carbons (Fsp3) is 0.583. The maximum absolute atomic E-state index is 12.6. The molecular formula is C12H13ClF3N. The molecule has 0 saturated heterocycles. The first-order chi connectivity index (χ1) is 7.98. The van der Waals surface area contributed by atoms with E-state index >= 15 is 0 Å². The maximum atomic E-state index is 12.6. The van der Waals surface area contributed by atoms with Crippen LogP contribution in [0.4, 0.5) is 13.2 Å². The largest absolute Gasteiger partial charge is 0.417 e. The smallest absolute Gasteiger partial charge is 0.244 e. The summed E-state index contributed by atoms with van der Waals surface area (Å²) in [4.78, 5) is 3.67. The van der Waals surface area contributed by atoms with Crippen LogP contribution in [0.15, 0.2) is 12.3 Å². The highest BCUT2D eigenvalue weighted by molar-refractivity contribution is 6.30. The van der Waals surface area contributed by atoms with E-state index in [0.29, 0.717) is 5.56 Å². The molecule has 1 heterocycles. The molecule has 0 spiro atoms. The van der Waals surface area contributed by atoms with Crippen LogP contribution in [0, 0.1) is 0 Å². The summed E-state index contributed by atoms with van der Waals surface area (Å²) in [7, 11) is 0. The standard InChI is InChI=1S/C12H13ClF3N/c13-11-10(8-4-2-1-3-5-8)6-9(7-17-11)12(14,15)16/h6-8H,1-5H2. The minimum atomic E-state index is -4.35. The highest BCUT2D eigenvalue weighted by Gasteiger charge is 2.32. The molecule has 0 N–H and O–H groups in total. The Morgan fingerprint density at radius 2 is 1.82 bits per heavy atom. The van der Waals surface area contributed by atoms with Crippen molar-refractivity contribution < 1.29 is 13.2 Å². The molecule has 0 aromatic carbocycles.